The molecule has 1 aliphatic rings. The number of sulfonamides is 1. The molecule has 0 amide bonds. The topological polar surface area (TPSA) is 37.4 Å². The maximum absolute atomic E-state index is 13.1. The van der Waals surface area contributed by atoms with Crippen molar-refractivity contribution in [2.45, 2.75) is 30.6 Å². The van der Waals surface area contributed by atoms with E-state index in [1.807, 2.05) is 0 Å². The minimum atomic E-state index is -3.51. The minimum absolute atomic E-state index is 0.0550. The van der Waals surface area contributed by atoms with Crippen molar-refractivity contribution in [1.82, 2.24) is 4.31 Å². The molecule has 1 aliphatic heterocycles. The highest BCUT2D eigenvalue weighted by Crippen LogP contribution is 2.20. The smallest absolute Gasteiger partial charge is 0.207 e. The molecule has 0 radical (unpaired) electrons. The highest BCUT2D eigenvalue weighted by atomic mass is 32.2. The SMILES string of the molecule is O=S(=O)(c1cccc(F)c1)N1CCCCCC1. The predicted molar refractivity (Wildman–Crippen MR) is 63.6 cm³/mol. The van der Waals surface area contributed by atoms with Crippen LogP contribution < -0.4 is 0 Å². The Morgan fingerprint density at radius 3 is 2.29 bits per heavy atom. The Balaban J connectivity index is 2.28. The summed E-state index contributed by atoms with van der Waals surface area (Å²) in [5.74, 6) is -0.513. The first-order valence-corrected chi connectivity index (χ1v) is 7.30. The van der Waals surface area contributed by atoms with Crippen molar-refractivity contribution < 1.29 is 12.8 Å². The Morgan fingerprint density at radius 1 is 1.06 bits per heavy atom. The Labute approximate surface area is 101 Å². The first kappa shape index (κ1) is 12.5. The van der Waals surface area contributed by atoms with Crippen molar-refractivity contribution in [2.75, 3.05) is 13.1 Å². The molecular weight excluding hydrogens is 241 g/mol. The van der Waals surface area contributed by atoms with E-state index in [1.54, 1.807) is 0 Å². The molecule has 0 spiro atoms. The molecule has 1 saturated heterocycles. The fourth-order valence-electron chi connectivity index (χ4n) is 2.06. The van der Waals surface area contributed by atoms with Gasteiger partial charge in [-0.3, -0.25) is 0 Å². The van der Waals surface area contributed by atoms with E-state index in [-0.39, 0.29) is 4.90 Å². The van der Waals surface area contributed by atoms with Crippen LogP contribution in [-0.2, 0) is 10.0 Å². The van der Waals surface area contributed by atoms with Crippen LogP contribution in [0.3, 0.4) is 0 Å². The normalized spacial score (nSPS) is 18.9. The van der Waals surface area contributed by atoms with Crippen molar-refractivity contribution in [2.24, 2.45) is 0 Å². The van der Waals surface area contributed by atoms with Crippen LogP contribution in [0.2, 0.25) is 0 Å². The van der Waals surface area contributed by atoms with Gasteiger partial charge in [0.1, 0.15) is 5.82 Å². The van der Waals surface area contributed by atoms with Crippen LogP contribution in [0.25, 0.3) is 0 Å². The molecule has 2 rings (SSSR count). The van der Waals surface area contributed by atoms with E-state index in [1.165, 1.54) is 22.5 Å². The van der Waals surface area contributed by atoms with E-state index in [4.69, 9.17) is 0 Å². The summed E-state index contributed by atoms with van der Waals surface area (Å²) in [6.07, 6.45) is 3.90. The lowest BCUT2D eigenvalue weighted by Crippen LogP contribution is -2.31. The molecule has 0 saturated carbocycles. The molecule has 0 bridgehead atoms. The first-order chi connectivity index (χ1) is 8.10. The molecule has 0 atom stereocenters. The Morgan fingerprint density at radius 2 is 1.71 bits per heavy atom. The van der Waals surface area contributed by atoms with Gasteiger partial charge in [-0.15, -0.1) is 0 Å². The van der Waals surface area contributed by atoms with E-state index in [0.717, 1.165) is 31.7 Å². The minimum Gasteiger partial charge on any atom is -0.207 e. The van der Waals surface area contributed by atoms with Crippen LogP contribution in [-0.4, -0.2) is 25.8 Å². The fourth-order valence-corrected chi connectivity index (χ4v) is 3.61. The lowest BCUT2D eigenvalue weighted by atomic mass is 10.2. The number of rotatable bonds is 2. The molecule has 3 nitrogen and oxygen atoms in total. The Kier molecular flexibility index (Phi) is 3.79. The highest BCUT2D eigenvalue weighted by Gasteiger charge is 2.25. The van der Waals surface area contributed by atoms with Crippen LogP contribution in [0.1, 0.15) is 25.7 Å². The van der Waals surface area contributed by atoms with Crippen LogP contribution in [0.5, 0.6) is 0 Å². The van der Waals surface area contributed by atoms with Crippen LogP contribution in [0.15, 0.2) is 29.2 Å². The van der Waals surface area contributed by atoms with Crippen LogP contribution >= 0.6 is 0 Å². The number of halogens is 1. The monoisotopic (exact) mass is 257 g/mol. The van der Waals surface area contributed by atoms with E-state index < -0.39 is 15.8 Å². The summed E-state index contributed by atoms with van der Waals surface area (Å²) in [7, 11) is -3.51. The third kappa shape index (κ3) is 2.84. The molecule has 1 heterocycles. The Bertz CT molecular complexity index is 479. The molecule has 94 valence electrons. The summed E-state index contributed by atoms with van der Waals surface area (Å²) in [5, 5.41) is 0. The summed E-state index contributed by atoms with van der Waals surface area (Å²) >= 11 is 0. The third-order valence-electron chi connectivity index (χ3n) is 3.00. The van der Waals surface area contributed by atoms with Crippen LogP contribution in [0, 0.1) is 5.82 Å². The van der Waals surface area contributed by atoms with Crippen molar-refractivity contribution in [3.8, 4) is 0 Å². The van der Waals surface area contributed by atoms with Gasteiger partial charge in [-0.05, 0) is 31.0 Å². The molecular formula is C12H16FNO2S. The average Bonchev–Trinajstić information content (AvgIpc) is 2.58. The van der Waals surface area contributed by atoms with E-state index >= 15 is 0 Å². The summed E-state index contributed by atoms with van der Waals surface area (Å²) in [6.45, 7) is 1.08. The number of hydrogen-bond donors (Lipinski definition) is 0. The largest absolute Gasteiger partial charge is 0.243 e. The number of hydrogen-bond acceptors (Lipinski definition) is 2. The molecule has 1 aromatic rings. The van der Waals surface area contributed by atoms with Gasteiger partial charge in [-0.25, -0.2) is 12.8 Å². The summed E-state index contributed by atoms with van der Waals surface area (Å²) in [6, 6.07) is 5.21. The molecule has 0 aliphatic carbocycles. The second-order valence-corrected chi connectivity index (χ2v) is 6.21. The molecule has 0 unspecified atom stereocenters. The van der Waals surface area contributed by atoms with Gasteiger partial charge in [0.05, 0.1) is 4.90 Å². The Hall–Kier alpha value is -0.940. The first-order valence-electron chi connectivity index (χ1n) is 5.86. The maximum Gasteiger partial charge on any atom is 0.243 e. The van der Waals surface area contributed by atoms with Gasteiger partial charge in [0.25, 0.3) is 0 Å². The molecule has 17 heavy (non-hydrogen) atoms. The zero-order chi connectivity index (χ0) is 12.3. The molecule has 1 aromatic carbocycles. The van der Waals surface area contributed by atoms with Crippen molar-refractivity contribution in [3.63, 3.8) is 0 Å². The van der Waals surface area contributed by atoms with Gasteiger partial charge < -0.3 is 0 Å². The number of benzene rings is 1. The van der Waals surface area contributed by atoms with Gasteiger partial charge in [-0.2, -0.15) is 4.31 Å². The van der Waals surface area contributed by atoms with Crippen molar-refractivity contribution >= 4 is 10.0 Å². The van der Waals surface area contributed by atoms with E-state index in [9.17, 15) is 12.8 Å². The van der Waals surface area contributed by atoms with Gasteiger partial charge in [0, 0.05) is 13.1 Å². The summed E-state index contributed by atoms with van der Waals surface area (Å²) < 4.78 is 39.0. The van der Waals surface area contributed by atoms with Gasteiger partial charge in [0.15, 0.2) is 0 Å². The molecule has 0 aromatic heterocycles. The third-order valence-corrected chi connectivity index (χ3v) is 4.89. The standard InChI is InChI=1S/C12H16FNO2S/c13-11-6-5-7-12(10-11)17(15,16)14-8-3-1-2-4-9-14/h5-7,10H,1-4,8-9H2. The zero-order valence-corrected chi connectivity index (χ0v) is 10.4. The van der Waals surface area contributed by atoms with Crippen LogP contribution in [0.4, 0.5) is 4.39 Å². The molecule has 1 fully saturated rings. The predicted octanol–water partition coefficient (Wildman–Crippen LogP) is 2.39. The lowest BCUT2D eigenvalue weighted by Gasteiger charge is -2.19. The van der Waals surface area contributed by atoms with E-state index in [0.29, 0.717) is 13.1 Å². The molecule has 0 N–H and O–H groups in total. The highest BCUT2D eigenvalue weighted by molar-refractivity contribution is 7.89. The number of nitrogens with zero attached hydrogens (tertiary/aromatic N) is 1. The summed E-state index contributed by atoms with van der Waals surface area (Å²) in [5.41, 5.74) is 0. The second-order valence-electron chi connectivity index (χ2n) is 4.28. The van der Waals surface area contributed by atoms with Crippen molar-refractivity contribution in [3.05, 3.63) is 30.1 Å². The van der Waals surface area contributed by atoms with E-state index in [2.05, 4.69) is 0 Å². The maximum atomic E-state index is 13.1. The van der Waals surface area contributed by atoms with Gasteiger partial charge in [0.2, 0.25) is 10.0 Å². The second kappa shape index (κ2) is 5.14. The summed E-state index contributed by atoms with van der Waals surface area (Å²) in [4.78, 5) is 0.0550. The fraction of sp³-hybridized carbons (Fsp3) is 0.500. The zero-order valence-electron chi connectivity index (χ0n) is 9.60. The van der Waals surface area contributed by atoms with Crippen molar-refractivity contribution in [1.29, 1.82) is 0 Å². The average molecular weight is 257 g/mol. The van der Waals surface area contributed by atoms with Gasteiger partial charge >= 0.3 is 0 Å². The molecule has 5 heteroatoms. The quantitative estimate of drug-likeness (QED) is 0.815. The lowest BCUT2D eigenvalue weighted by molar-refractivity contribution is 0.423. The van der Waals surface area contributed by atoms with Gasteiger partial charge in [-0.1, -0.05) is 18.9 Å².